The molecule has 1 N–H and O–H groups in total. The van der Waals surface area contributed by atoms with Crippen molar-refractivity contribution in [3.05, 3.63) is 34.9 Å². The number of benzene rings is 1. The van der Waals surface area contributed by atoms with Crippen molar-refractivity contribution >= 4 is 29.9 Å². The molecule has 0 aliphatic carbocycles. The molecule has 1 amide bonds. The summed E-state index contributed by atoms with van der Waals surface area (Å²) < 4.78 is 0. The number of hydrogen-bond donors (Lipinski definition) is 1. The molecule has 1 aliphatic rings. The number of likely N-dealkylation sites (tertiary alicyclic amines) is 1. The molecule has 1 fully saturated rings. The lowest BCUT2D eigenvalue weighted by molar-refractivity contribution is 0.0674. The fraction of sp³-hybridized carbons (Fsp3) is 0.500. The maximum absolute atomic E-state index is 12.4. The number of rotatable bonds is 3. The van der Waals surface area contributed by atoms with Crippen LogP contribution >= 0.6 is 24.0 Å². The number of piperidine rings is 1. The van der Waals surface area contributed by atoms with Crippen LogP contribution in [0, 0.1) is 5.92 Å². The second kappa shape index (κ2) is 7.73. The van der Waals surface area contributed by atoms with E-state index in [0.717, 1.165) is 26.1 Å². The van der Waals surface area contributed by atoms with Gasteiger partial charge in [-0.2, -0.15) is 0 Å². The van der Waals surface area contributed by atoms with Crippen LogP contribution < -0.4 is 5.32 Å². The van der Waals surface area contributed by atoms with Crippen LogP contribution in [-0.4, -0.2) is 37.5 Å². The average molecular weight is 303 g/mol. The van der Waals surface area contributed by atoms with Gasteiger partial charge in [-0.15, -0.1) is 12.4 Å². The van der Waals surface area contributed by atoms with Crippen molar-refractivity contribution in [1.29, 1.82) is 0 Å². The van der Waals surface area contributed by atoms with Crippen LogP contribution in [0.15, 0.2) is 24.3 Å². The van der Waals surface area contributed by atoms with Crippen LogP contribution in [0.3, 0.4) is 0 Å². The van der Waals surface area contributed by atoms with Crippen molar-refractivity contribution in [1.82, 2.24) is 10.2 Å². The van der Waals surface area contributed by atoms with Gasteiger partial charge in [0.25, 0.3) is 5.91 Å². The zero-order valence-electron chi connectivity index (χ0n) is 11.1. The summed E-state index contributed by atoms with van der Waals surface area (Å²) in [4.78, 5) is 14.3. The number of nitrogens with one attached hydrogen (secondary N) is 1. The van der Waals surface area contributed by atoms with Gasteiger partial charge in [-0.1, -0.05) is 23.7 Å². The monoisotopic (exact) mass is 302 g/mol. The summed E-state index contributed by atoms with van der Waals surface area (Å²) in [5.41, 5.74) is 0.615. The molecule has 0 saturated carbocycles. The maximum atomic E-state index is 12.4. The molecule has 1 aliphatic heterocycles. The standard InChI is InChI=1S/C14H19ClN2O.ClH/c1-16-9-11-5-4-8-17(10-11)14(18)12-6-2-3-7-13(12)15;/h2-3,6-7,11,16H,4-5,8-10H2,1H3;1H. The third-order valence-electron chi connectivity index (χ3n) is 3.40. The number of nitrogens with zero attached hydrogens (tertiary/aromatic N) is 1. The Kier molecular flexibility index (Phi) is 6.63. The van der Waals surface area contributed by atoms with E-state index in [4.69, 9.17) is 11.6 Å². The van der Waals surface area contributed by atoms with Gasteiger partial charge < -0.3 is 10.2 Å². The molecule has 0 radical (unpaired) electrons. The molecular weight excluding hydrogens is 283 g/mol. The molecule has 1 atom stereocenters. The zero-order chi connectivity index (χ0) is 13.0. The second-order valence-corrected chi connectivity index (χ2v) is 5.20. The number of halogens is 2. The van der Waals surface area contributed by atoms with Crippen LogP contribution in [0.4, 0.5) is 0 Å². The van der Waals surface area contributed by atoms with Crippen molar-refractivity contribution < 1.29 is 4.79 Å². The summed E-state index contributed by atoms with van der Waals surface area (Å²) in [5, 5.41) is 3.72. The van der Waals surface area contributed by atoms with Crippen LogP contribution in [0.2, 0.25) is 5.02 Å². The van der Waals surface area contributed by atoms with Crippen molar-refractivity contribution in [3.8, 4) is 0 Å². The number of carbonyl (C=O) groups is 1. The molecule has 1 unspecified atom stereocenters. The first kappa shape index (κ1) is 16.3. The Morgan fingerprint density at radius 2 is 2.21 bits per heavy atom. The predicted octanol–water partition coefficient (Wildman–Crippen LogP) is 2.83. The van der Waals surface area contributed by atoms with E-state index < -0.39 is 0 Å². The Morgan fingerprint density at radius 1 is 1.47 bits per heavy atom. The fourth-order valence-corrected chi connectivity index (χ4v) is 2.73. The van der Waals surface area contributed by atoms with Gasteiger partial charge in [0.05, 0.1) is 10.6 Å². The molecule has 1 aromatic carbocycles. The second-order valence-electron chi connectivity index (χ2n) is 4.80. The van der Waals surface area contributed by atoms with E-state index in [1.165, 1.54) is 6.42 Å². The normalized spacial score (nSPS) is 18.8. The number of amides is 1. The van der Waals surface area contributed by atoms with E-state index >= 15 is 0 Å². The van der Waals surface area contributed by atoms with Crippen LogP contribution in [0.25, 0.3) is 0 Å². The van der Waals surface area contributed by atoms with Crippen molar-refractivity contribution in [2.24, 2.45) is 5.92 Å². The van der Waals surface area contributed by atoms with E-state index in [0.29, 0.717) is 16.5 Å². The largest absolute Gasteiger partial charge is 0.338 e. The number of hydrogen-bond acceptors (Lipinski definition) is 2. The maximum Gasteiger partial charge on any atom is 0.255 e. The summed E-state index contributed by atoms with van der Waals surface area (Å²) in [7, 11) is 1.95. The average Bonchev–Trinajstić information content (AvgIpc) is 2.39. The van der Waals surface area contributed by atoms with Gasteiger partial charge in [0.2, 0.25) is 0 Å². The van der Waals surface area contributed by atoms with Crippen LogP contribution in [0.1, 0.15) is 23.2 Å². The van der Waals surface area contributed by atoms with Gasteiger partial charge in [-0.3, -0.25) is 4.79 Å². The predicted molar refractivity (Wildman–Crippen MR) is 81.3 cm³/mol. The summed E-state index contributed by atoms with van der Waals surface area (Å²) in [6.07, 6.45) is 2.26. The number of carbonyl (C=O) groups excluding carboxylic acids is 1. The van der Waals surface area contributed by atoms with Gasteiger partial charge in [0.15, 0.2) is 0 Å². The van der Waals surface area contributed by atoms with Crippen LogP contribution in [0.5, 0.6) is 0 Å². The van der Waals surface area contributed by atoms with Gasteiger partial charge in [-0.05, 0) is 44.5 Å². The lowest BCUT2D eigenvalue weighted by Gasteiger charge is -2.33. The van der Waals surface area contributed by atoms with Crippen molar-refractivity contribution in [3.63, 3.8) is 0 Å². The Morgan fingerprint density at radius 3 is 2.89 bits per heavy atom. The quantitative estimate of drug-likeness (QED) is 0.931. The molecule has 0 aromatic heterocycles. The first-order valence-electron chi connectivity index (χ1n) is 6.40. The lowest BCUT2D eigenvalue weighted by atomic mass is 9.97. The minimum Gasteiger partial charge on any atom is -0.338 e. The summed E-state index contributed by atoms with van der Waals surface area (Å²) in [6.45, 7) is 2.63. The third kappa shape index (κ3) is 4.10. The molecule has 1 heterocycles. The summed E-state index contributed by atoms with van der Waals surface area (Å²) >= 11 is 6.08. The van der Waals surface area contributed by atoms with Crippen molar-refractivity contribution in [2.45, 2.75) is 12.8 Å². The van der Waals surface area contributed by atoms with Gasteiger partial charge in [0.1, 0.15) is 0 Å². The molecule has 19 heavy (non-hydrogen) atoms. The lowest BCUT2D eigenvalue weighted by Crippen LogP contribution is -2.42. The molecule has 1 saturated heterocycles. The molecule has 0 spiro atoms. The highest BCUT2D eigenvalue weighted by molar-refractivity contribution is 6.33. The van der Waals surface area contributed by atoms with Gasteiger partial charge in [-0.25, -0.2) is 0 Å². The van der Waals surface area contributed by atoms with E-state index in [9.17, 15) is 4.79 Å². The third-order valence-corrected chi connectivity index (χ3v) is 3.73. The fourth-order valence-electron chi connectivity index (χ4n) is 2.51. The van der Waals surface area contributed by atoms with Gasteiger partial charge in [0, 0.05) is 13.1 Å². The molecule has 1 aromatic rings. The molecule has 0 bridgehead atoms. The minimum atomic E-state index is 0. The minimum absolute atomic E-state index is 0. The highest BCUT2D eigenvalue weighted by Gasteiger charge is 2.24. The van der Waals surface area contributed by atoms with Crippen LogP contribution in [-0.2, 0) is 0 Å². The Hall–Kier alpha value is -0.770. The van der Waals surface area contributed by atoms with Crippen molar-refractivity contribution in [2.75, 3.05) is 26.7 Å². The molecule has 106 valence electrons. The smallest absolute Gasteiger partial charge is 0.255 e. The molecule has 2 rings (SSSR count). The highest BCUT2D eigenvalue weighted by Crippen LogP contribution is 2.21. The molecular formula is C14H20Cl2N2O. The highest BCUT2D eigenvalue weighted by atomic mass is 35.5. The Balaban J connectivity index is 0.00000180. The summed E-state index contributed by atoms with van der Waals surface area (Å²) in [5.74, 6) is 0.608. The Bertz CT molecular complexity index is 424. The summed E-state index contributed by atoms with van der Waals surface area (Å²) in [6, 6.07) is 7.27. The van der Waals surface area contributed by atoms with E-state index in [2.05, 4.69) is 5.32 Å². The molecule has 5 heteroatoms. The van der Waals surface area contributed by atoms with E-state index in [1.807, 2.05) is 24.1 Å². The topological polar surface area (TPSA) is 32.3 Å². The molecule has 3 nitrogen and oxygen atoms in total. The van der Waals surface area contributed by atoms with E-state index in [-0.39, 0.29) is 18.3 Å². The first-order chi connectivity index (χ1) is 8.72. The Labute approximate surface area is 125 Å². The SMILES string of the molecule is CNCC1CCCN(C(=O)c2ccccc2Cl)C1.Cl. The first-order valence-corrected chi connectivity index (χ1v) is 6.78. The van der Waals surface area contributed by atoms with Gasteiger partial charge >= 0.3 is 0 Å². The zero-order valence-corrected chi connectivity index (χ0v) is 12.6. The van der Waals surface area contributed by atoms with E-state index in [1.54, 1.807) is 12.1 Å².